The Morgan fingerprint density at radius 3 is 2.83 bits per heavy atom. The van der Waals surface area contributed by atoms with Gasteiger partial charge in [-0.15, -0.1) is 0 Å². The van der Waals surface area contributed by atoms with E-state index in [-0.39, 0.29) is 16.9 Å². The lowest BCUT2D eigenvalue weighted by Gasteiger charge is -2.03. The molecule has 0 fully saturated rings. The summed E-state index contributed by atoms with van der Waals surface area (Å²) < 4.78 is 12.9. The average molecular weight is 249 g/mol. The van der Waals surface area contributed by atoms with Crippen LogP contribution < -0.4 is 5.32 Å². The maximum absolute atomic E-state index is 12.9. The molecule has 92 valence electrons. The van der Waals surface area contributed by atoms with Gasteiger partial charge in [0.25, 0.3) is 5.91 Å². The van der Waals surface area contributed by atoms with Gasteiger partial charge in [0, 0.05) is 5.56 Å². The van der Waals surface area contributed by atoms with Gasteiger partial charge in [0.15, 0.2) is 0 Å². The Morgan fingerprint density at radius 2 is 2.17 bits per heavy atom. The lowest BCUT2D eigenvalue weighted by Crippen LogP contribution is -2.14. The van der Waals surface area contributed by atoms with Crippen molar-refractivity contribution in [2.24, 2.45) is 0 Å². The quantitative estimate of drug-likeness (QED) is 0.768. The molecule has 2 aromatic rings. The average Bonchev–Trinajstić information content (AvgIpc) is 2.77. The highest BCUT2D eigenvalue weighted by Crippen LogP contribution is 2.12. The first-order valence-electron chi connectivity index (χ1n) is 4.91. The fraction of sp³-hybridized carbons (Fsp3) is 0. The van der Waals surface area contributed by atoms with Crippen LogP contribution in [0.3, 0.4) is 0 Å². The minimum atomic E-state index is -1.22. The predicted molar refractivity (Wildman–Crippen MR) is 59.9 cm³/mol. The van der Waals surface area contributed by atoms with Crippen LogP contribution in [0, 0.1) is 5.82 Å². The Kier molecular flexibility index (Phi) is 3.05. The molecule has 1 aromatic heterocycles. The first kappa shape index (κ1) is 11.8. The number of nitrogens with zero attached hydrogens (tertiary/aromatic N) is 1. The van der Waals surface area contributed by atoms with E-state index < -0.39 is 17.7 Å². The number of carbonyl (C=O) groups is 2. The van der Waals surface area contributed by atoms with Crippen LogP contribution in [-0.2, 0) is 0 Å². The second-order valence-corrected chi connectivity index (χ2v) is 3.43. The lowest BCUT2D eigenvalue weighted by molar-refractivity contribution is 0.0698. The number of aromatic nitrogens is 2. The molecule has 0 saturated heterocycles. The first-order chi connectivity index (χ1) is 8.58. The van der Waals surface area contributed by atoms with Gasteiger partial charge in [-0.1, -0.05) is 6.07 Å². The summed E-state index contributed by atoms with van der Waals surface area (Å²) in [6.45, 7) is 0. The van der Waals surface area contributed by atoms with Crippen LogP contribution in [0.2, 0.25) is 0 Å². The number of carboxylic acids is 1. The number of halogens is 1. The third kappa shape index (κ3) is 2.34. The Balaban J connectivity index is 2.21. The third-order valence-electron chi connectivity index (χ3n) is 2.20. The number of hydrogen-bond donors (Lipinski definition) is 3. The number of carbonyl (C=O) groups excluding carboxylic acids is 1. The van der Waals surface area contributed by atoms with E-state index in [1.807, 2.05) is 0 Å². The number of H-pyrrole nitrogens is 1. The molecule has 0 aliphatic rings. The molecule has 1 aromatic carbocycles. The van der Waals surface area contributed by atoms with Crippen molar-refractivity contribution >= 4 is 17.7 Å². The van der Waals surface area contributed by atoms with Gasteiger partial charge < -0.3 is 10.4 Å². The van der Waals surface area contributed by atoms with Gasteiger partial charge in [0.05, 0.1) is 6.20 Å². The molecule has 0 saturated carbocycles. The smallest absolute Gasteiger partial charge is 0.341 e. The van der Waals surface area contributed by atoms with Crippen LogP contribution in [0.1, 0.15) is 20.7 Å². The van der Waals surface area contributed by atoms with Crippen LogP contribution in [0.5, 0.6) is 0 Å². The van der Waals surface area contributed by atoms with Crippen molar-refractivity contribution in [1.82, 2.24) is 10.2 Å². The van der Waals surface area contributed by atoms with E-state index in [9.17, 15) is 14.0 Å². The molecule has 0 bridgehead atoms. The van der Waals surface area contributed by atoms with E-state index in [2.05, 4.69) is 15.5 Å². The molecule has 0 atom stereocenters. The van der Waals surface area contributed by atoms with E-state index in [0.717, 1.165) is 12.3 Å². The SMILES string of the molecule is O=C(Nc1[nH]ncc1C(=O)O)c1cccc(F)c1. The molecular weight excluding hydrogens is 241 g/mol. The maximum atomic E-state index is 12.9. The van der Waals surface area contributed by atoms with Crippen LogP contribution in [0.25, 0.3) is 0 Å². The van der Waals surface area contributed by atoms with E-state index in [1.54, 1.807) is 0 Å². The minimum Gasteiger partial charge on any atom is -0.477 e. The van der Waals surface area contributed by atoms with Crippen molar-refractivity contribution in [2.75, 3.05) is 5.32 Å². The normalized spacial score (nSPS) is 10.1. The van der Waals surface area contributed by atoms with Gasteiger partial charge in [-0.3, -0.25) is 9.89 Å². The van der Waals surface area contributed by atoms with Crippen molar-refractivity contribution in [3.05, 3.63) is 47.4 Å². The molecule has 0 aliphatic heterocycles. The molecule has 6 nitrogen and oxygen atoms in total. The Hall–Kier alpha value is -2.70. The van der Waals surface area contributed by atoms with Crippen molar-refractivity contribution < 1.29 is 19.1 Å². The second-order valence-electron chi connectivity index (χ2n) is 3.43. The number of carboxylic acid groups (broad SMARTS) is 1. The highest BCUT2D eigenvalue weighted by molar-refractivity contribution is 6.06. The highest BCUT2D eigenvalue weighted by Gasteiger charge is 2.15. The molecule has 18 heavy (non-hydrogen) atoms. The van der Waals surface area contributed by atoms with Gasteiger partial charge in [0.1, 0.15) is 17.2 Å². The van der Waals surface area contributed by atoms with Crippen LogP contribution in [0.4, 0.5) is 10.2 Å². The van der Waals surface area contributed by atoms with Gasteiger partial charge in [-0.05, 0) is 18.2 Å². The summed E-state index contributed by atoms with van der Waals surface area (Å²) in [7, 11) is 0. The molecule has 3 N–H and O–H groups in total. The second kappa shape index (κ2) is 4.66. The van der Waals surface area contributed by atoms with E-state index in [0.29, 0.717) is 0 Å². The number of anilines is 1. The van der Waals surface area contributed by atoms with Gasteiger partial charge in [0.2, 0.25) is 0 Å². The van der Waals surface area contributed by atoms with Crippen molar-refractivity contribution in [3.8, 4) is 0 Å². The van der Waals surface area contributed by atoms with E-state index in [1.165, 1.54) is 18.2 Å². The van der Waals surface area contributed by atoms with Crippen LogP contribution >= 0.6 is 0 Å². The molecule has 7 heteroatoms. The molecule has 1 amide bonds. The number of rotatable bonds is 3. The number of amides is 1. The summed E-state index contributed by atoms with van der Waals surface area (Å²) in [6, 6.07) is 5.05. The Labute approximate surface area is 100 Å². The van der Waals surface area contributed by atoms with Crippen molar-refractivity contribution in [3.63, 3.8) is 0 Å². The molecule has 0 radical (unpaired) electrons. The van der Waals surface area contributed by atoms with E-state index in [4.69, 9.17) is 5.11 Å². The maximum Gasteiger partial charge on any atom is 0.341 e. The number of benzene rings is 1. The lowest BCUT2D eigenvalue weighted by atomic mass is 10.2. The zero-order valence-electron chi connectivity index (χ0n) is 8.98. The standard InChI is InChI=1S/C11H8FN3O3/c12-7-3-1-2-6(4-7)10(16)14-9-8(11(17)18)5-13-15-9/h1-5H,(H,17,18)(H2,13,14,15,16). The van der Waals surface area contributed by atoms with Gasteiger partial charge >= 0.3 is 5.97 Å². The molecule has 1 heterocycles. The number of aromatic carboxylic acids is 1. The van der Waals surface area contributed by atoms with Gasteiger partial charge in [-0.25, -0.2) is 9.18 Å². The predicted octanol–water partition coefficient (Wildman–Crippen LogP) is 1.50. The Morgan fingerprint density at radius 1 is 1.39 bits per heavy atom. The summed E-state index contributed by atoms with van der Waals surface area (Å²) in [5, 5.41) is 17.0. The van der Waals surface area contributed by atoms with E-state index >= 15 is 0 Å². The van der Waals surface area contributed by atoms with Crippen molar-refractivity contribution in [1.29, 1.82) is 0 Å². The monoisotopic (exact) mass is 249 g/mol. The zero-order chi connectivity index (χ0) is 13.1. The summed E-state index contributed by atoms with van der Waals surface area (Å²) in [6.07, 6.45) is 1.07. The molecule has 0 aliphatic carbocycles. The number of aromatic amines is 1. The van der Waals surface area contributed by atoms with Crippen LogP contribution in [-0.4, -0.2) is 27.2 Å². The van der Waals surface area contributed by atoms with Gasteiger partial charge in [-0.2, -0.15) is 5.10 Å². The molecule has 0 unspecified atom stereocenters. The summed E-state index contributed by atoms with van der Waals surface area (Å²) in [4.78, 5) is 22.5. The molecule has 0 spiro atoms. The molecule has 2 rings (SSSR count). The number of hydrogen-bond acceptors (Lipinski definition) is 3. The third-order valence-corrected chi connectivity index (χ3v) is 2.20. The summed E-state index contributed by atoms with van der Waals surface area (Å²) >= 11 is 0. The zero-order valence-corrected chi connectivity index (χ0v) is 8.98. The van der Waals surface area contributed by atoms with Crippen LogP contribution in [0.15, 0.2) is 30.5 Å². The fourth-order valence-corrected chi connectivity index (χ4v) is 1.36. The largest absolute Gasteiger partial charge is 0.477 e. The minimum absolute atomic E-state index is 0.0447. The first-order valence-corrected chi connectivity index (χ1v) is 4.91. The fourth-order valence-electron chi connectivity index (χ4n) is 1.36. The van der Waals surface area contributed by atoms with Crippen molar-refractivity contribution in [2.45, 2.75) is 0 Å². The molecular formula is C11H8FN3O3. The Bertz CT molecular complexity index is 609. The summed E-state index contributed by atoms with van der Waals surface area (Å²) in [5.41, 5.74) is -0.0827. The summed E-state index contributed by atoms with van der Waals surface area (Å²) in [5.74, 6) is -2.44. The number of nitrogens with one attached hydrogen (secondary N) is 2. The highest BCUT2D eigenvalue weighted by atomic mass is 19.1. The topological polar surface area (TPSA) is 95.1 Å².